The number of nitro groups is 1. The summed E-state index contributed by atoms with van der Waals surface area (Å²) in [5.74, 6) is -0.290. The Balaban J connectivity index is 1.73. The number of hydrogen-bond donors (Lipinski definition) is 3. The quantitative estimate of drug-likeness (QED) is 0.573. The number of fused-ring (bicyclic) bond motifs is 3. The highest BCUT2D eigenvalue weighted by Gasteiger charge is 2.33. The van der Waals surface area contributed by atoms with Crippen molar-refractivity contribution in [2.45, 2.75) is 31.8 Å². The maximum Gasteiger partial charge on any atom is 0.270 e. The number of rotatable bonds is 2. The van der Waals surface area contributed by atoms with E-state index >= 15 is 0 Å². The van der Waals surface area contributed by atoms with Crippen molar-refractivity contribution in [2.24, 2.45) is 0 Å². The summed E-state index contributed by atoms with van der Waals surface area (Å²) >= 11 is 1.57. The zero-order valence-corrected chi connectivity index (χ0v) is 13.5. The molecule has 4 rings (SSSR count). The second kappa shape index (κ2) is 5.48. The Kier molecular flexibility index (Phi) is 3.42. The maximum absolute atomic E-state index is 12.6. The van der Waals surface area contributed by atoms with E-state index < -0.39 is 11.1 Å². The number of anilines is 1. The van der Waals surface area contributed by atoms with Crippen LogP contribution in [0.4, 0.5) is 10.7 Å². The lowest BCUT2D eigenvalue weighted by Gasteiger charge is -2.27. The summed E-state index contributed by atoms with van der Waals surface area (Å²) in [6.45, 7) is 0. The fourth-order valence-corrected chi connectivity index (χ4v) is 4.64. The molecule has 1 aromatic carbocycles. The van der Waals surface area contributed by atoms with Crippen molar-refractivity contribution < 1.29 is 14.8 Å². The smallest absolute Gasteiger partial charge is 0.270 e. The fraction of sp³-hybridized carbons (Fsp3) is 0.312. The van der Waals surface area contributed by atoms with Crippen molar-refractivity contribution in [3.8, 4) is 5.75 Å². The second-order valence-corrected chi connectivity index (χ2v) is 7.07. The number of nitrogens with one attached hydrogen (secondary N) is 2. The van der Waals surface area contributed by atoms with Gasteiger partial charge < -0.3 is 15.7 Å². The SMILES string of the molecule is O=C1NC(c2cc([N+](=O)[O-])ccc2O)Nc2sc3c(c21)CCCC3. The molecule has 0 saturated carbocycles. The summed E-state index contributed by atoms with van der Waals surface area (Å²) < 4.78 is 0. The highest BCUT2D eigenvalue weighted by Crippen LogP contribution is 2.42. The van der Waals surface area contributed by atoms with E-state index in [4.69, 9.17) is 0 Å². The first-order valence-corrected chi connectivity index (χ1v) is 8.55. The van der Waals surface area contributed by atoms with Crippen LogP contribution in [-0.4, -0.2) is 15.9 Å². The van der Waals surface area contributed by atoms with Gasteiger partial charge >= 0.3 is 0 Å². The van der Waals surface area contributed by atoms with E-state index in [9.17, 15) is 20.0 Å². The van der Waals surface area contributed by atoms with Gasteiger partial charge in [0, 0.05) is 22.6 Å². The average Bonchev–Trinajstić information content (AvgIpc) is 2.93. The average molecular weight is 345 g/mol. The molecule has 124 valence electrons. The second-order valence-electron chi connectivity index (χ2n) is 5.97. The predicted molar refractivity (Wildman–Crippen MR) is 89.6 cm³/mol. The van der Waals surface area contributed by atoms with Crippen molar-refractivity contribution in [3.63, 3.8) is 0 Å². The van der Waals surface area contributed by atoms with Crippen LogP contribution in [0.1, 0.15) is 45.4 Å². The zero-order valence-electron chi connectivity index (χ0n) is 12.7. The summed E-state index contributed by atoms with van der Waals surface area (Å²) in [4.78, 5) is 24.2. The summed E-state index contributed by atoms with van der Waals surface area (Å²) in [5, 5.41) is 27.8. The van der Waals surface area contributed by atoms with Gasteiger partial charge in [-0.15, -0.1) is 11.3 Å². The molecule has 1 aliphatic heterocycles. The summed E-state index contributed by atoms with van der Waals surface area (Å²) in [6, 6.07) is 3.79. The van der Waals surface area contributed by atoms with Gasteiger partial charge in [0.05, 0.1) is 10.5 Å². The highest BCUT2D eigenvalue weighted by atomic mass is 32.1. The molecule has 0 spiro atoms. The number of nitrogens with zero attached hydrogens (tertiary/aromatic N) is 1. The molecule has 8 heteroatoms. The van der Waals surface area contributed by atoms with Crippen LogP contribution in [0.15, 0.2) is 18.2 Å². The first kappa shape index (κ1) is 14.9. The molecule has 1 aliphatic carbocycles. The minimum atomic E-state index is -0.690. The number of aromatic hydroxyl groups is 1. The van der Waals surface area contributed by atoms with E-state index in [-0.39, 0.29) is 22.9 Å². The Labute approximate surface area is 141 Å². The van der Waals surface area contributed by atoms with Gasteiger partial charge in [-0.1, -0.05) is 0 Å². The molecule has 2 aromatic rings. The van der Waals surface area contributed by atoms with Gasteiger partial charge in [0.2, 0.25) is 0 Å². The normalized spacial score (nSPS) is 19.0. The molecule has 1 aromatic heterocycles. The molecule has 3 N–H and O–H groups in total. The molecule has 2 heterocycles. The number of phenols is 1. The van der Waals surface area contributed by atoms with Crippen LogP contribution < -0.4 is 10.6 Å². The Morgan fingerprint density at radius 3 is 2.83 bits per heavy atom. The monoisotopic (exact) mass is 345 g/mol. The van der Waals surface area contributed by atoms with Gasteiger partial charge in [-0.25, -0.2) is 0 Å². The van der Waals surface area contributed by atoms with Crippen molar-refractivity contribution in [1.82, 2.24) is 5.32 Å². The predicted octanol–water partition coefficient (Wildman–Crippen LogP) is 3.09. The number of carbonyl (C=O) groups excluding carboxylic acids is 1. The fourth-order valence-electron chi connectivity index (χ4n) is 3.32. The van der Waals surface area contributed by atoms with Gasteiger partial charge in [-0.05, 0) is 37.3 Å². The third kappa shape index (κ3) is 2.30. The van der Waals surface area contributed by atoms with E-state index in [1.54, 1.807) is 11.3 Å². The van der Waals surface area contributed by atoms with Crippen molar-refractivity contribution in [2.75, 3.05) is 5.32 Å². The van der Waals surface area contributed by atoms with Crippen LogP contribution in [0, 0.1) is 10.1 Å². The number of aryl methyl sites for hydroxylation is 1. The van der Waals surface area contributed by atoms with Crippen molar-refractivity contribution in [1.29, 1.82) is 0 Å². The molecular formula is C16H15N3O4S. The van der Waals surface area contributed by atoms with Gasteiger partial charge in [-0.2, -0.15) is 0 Å². The van der Waals surface area contributed by atoms with E-state index in [1.165, 1.54) is 23.1 Å². The zero-order chi connectivity index (χ0) is 16.8. The van der Waals surface area contributed by atoms with Crippen LogP contribution in [0.3, 0.4) is 0 Å². The van der Waals surface area contributed by atoms with E-state index in [1.807, 2.05) is 0 Å². The van der Waals surface area contributed by atoms with Crippen LogP contribution in [-0.2, 0) is 12.8 Å². The number of benzene rings is 1. The van der Waals surface area contributed by atoms with Gasteiger partial charge in [-0.3, -0.25) is 14.9 Å². The molecule has 7 nitrogen and oxygen atoms in total. The molecule has 1 unspecified atom stereocenters. The van der Waals surface area contributed by atoms with Crippen LogP contribution in [0.25, 0.3) is 0 Å². The maximum atomic E-state index is 12.6. The van der Waals surface area contributed by atoms with Crippen LogP contribution in [0.5, 0.6) is 5.75 Å². The molecule has 0 saturated heterocycles. The van der Waals surface area contributed by atoms with E-state index in [0.717, 1.165) is 36.2 Å². The summed E-state index contributed by atoms with van der Waals surface area (Å²) in [7, 11) is 0. The Morgan fingerprint density at radius 2 is 2.04 bits per heavy atom. The molecule has 0 bridgehead atoms. The number of amides is 1. The number of carbonyl (C=O) groups is 1. The van der Waals surface area contributed by atoms with E-state index in [2.05, 4.69) is 10.6 Å². The van der Waals surface area contributed by atoms with Gasteiger partial charge in [0.15, 0.2) is 0 Å². The number of thiophene rings is 1. The molecule has 2 aliphatic rings. The number of phenolic OH excluding ortho intramolecular Hbond substituents is 1. The number of nitro benzene ring substituents is 1. The topological polar surface area (TPSA) is 104 Å². The molecule has 1 amide bonds. The number of non-ortho nitro benzene ring substituents is 1. The Morgan fingerprint density at radius 1 is 1.25 bits per heavy atom. The molecule has 0 radical (unpaired) electrons. The van der Waals surface area contributed by atoms with Crippen LogP contribution in [0.2, 0.25) is 0 Å². The minimum Gasteiger partial charge on any atom is -0.508 e. The molecule has 0 fully saturated rings. The van der Waals surface area contributed by atoms with Gasteiger partial charge in [0.25, 0.3) is 11.6 Å². The molecule has 24 heavy (non-hydrogen) atoms. The first-order chi connectivity index (χ1) is 11.5. The Bertz CT molecular complexity index is 861. The summed E-state index contributed by atoms with van der Waals surface area (Å²) in [5.41, 5.74) is 1.97. The Hall–Kier alpha value is -2.61. The first-order valence-electron chi connectivity index (χ1n) is 7.74. The lowest BCUT2D eigenvalue weighted by molar-refractivity contribution is -0.385. The van der Waals surface area contributed by atoms with Crippen LogP contribution >= 0.6 is 11.3 Å². The van der Waals surface area contributed by atoms with Crippen molar-refractivity contribution >= 4 is 27.9 Å². The number of hydrogen-bond acceptors (Lipinski definition) is 6. The summed E-state index contributed by atoms with van der Waals surface area (Å²) in [6.07, 6.45) is 3.41. The third-order valence-corrected chi connectivity index (χ3v) is 5.71. The lowest BCUT2D eigenvalue weighted by Crippen LogP contribution is -2.38. The van der Waals surface area contributed by atoms with Gasteiger partial charge in [0.1, 0.15) is 16.9 Å². The lowest BCUT2D eigenvalue weighted by atomic mass is 9.94. The highest BCUT2D eigenvalue weighted by molar-refractivity contribution is 7.16. The minimum absolute atomic E-state index is 0.0943. The molecular weight excluding hydrogens is 330 g/mol. The largest absolute Gasteiger partial charge is 0.508 e. The standard InChI is InChI=1S/C16H15N3O4S/c20-11-6-5-8(19(22)23)7-10(11)14-17-15(21)13-9-3-1-2-4-12(9)24-16(13)18-14/h5-7,14,18,20H,1-4H2,(H,17,21). The third-order valence-electron chi connectivity index (χ3n) is 4.48. The van der Waals surface area contributed by atoms with Crippen molar-refractivity contribution in [3.05, 3.63) is 49.9 Å². The molecule has 1 atom stereocenters. The van der Waals surface area contributed by atoms with E-state index in [0.29, 0.717) is 5.56 Å².